The number of likely N-dealkylation sites (tertiary alicyclic amines) is 1. The number of hydrogen-bond donors (Lipinski definition) is 1. The van der Waals surface area contributed by atoms with Crippen LogP contribution in [0.4, 0.5) is 4.79 Å². The molecule has 0 aromatic heterocycles. The Morgan fingerprint density at radius 2 is 1.81 bits per heavy atom. The maximum absolute atomic E-state index is 14.2. The predicted molar refractivity (Wildman–Crippen MR) is 125 cm³/mol. The molecule has 9 heteroatoms. The molecule has 0 spiro atoms. The van der Waals surface area contributed by atoms with Crippen molar-refractivity contribution in [1.82, 2.24) is 10.2 Å². The van der Waals surface area contributed by atoms with Crippen molar-refractivity contribution in [2.24, 2.45) is 0 Å². The lowest BCUT2D eigenvalue weighted by atomic mass is 10.0. The second-order valence-electron chi connectivity index (χ2n) is 8.93. The van der Waals surface area contributed by atoms with Gasteiger partial charge in [0, 0.05) is 13.7 Å². The van der Waals surface area contributed by atoms with Gasteiger partial charge in [0.25, 0.3) is 0 Å². The Labute approximate surface area is 192 Å². The summed E-state index contributed by atoms with van der Waals surface area (Å²) in [4.78, 5) is 14.5. The molecule has 1 fully saturated rings. The SMILES string of the molecule is CCOP(=O)(OCC)[C@@]1(N[C@@H](COC)c2ccccc2)CCCN(C(=O)OC(C)(C)C)C1. The van der Waals surface area contributed by atoms with Gasteiger partial charge in [-0.1, -0.05) is 30.3 Å². The first kappa shape index (κ1) is 26.8. The normalized spacial score (nSPS) is 20.8. The molecular weight excluding hydrogens is 431 g/mol. The van der Waals surface area contributed by atoms with Gasteiger partial charge in [0.05, 0.1) is 32.4 Å². The molecule has 1 aromatic carbocycles. The lowest BCUT2D eigenvalue weighted by Crippen LogP contribution is -2.60. The molecule has 1 heterocycles. The molecule has 2 atom stereocenters. The van der Waals surface area contributed by atoms with Crippen LogP contribution in [-0.2, 0) is 23.1 Å². The zero-order valence-corrected chi connectivity index (χ0v) is 21.2. The van der Waals surface area contributed by atoms with Crippen molar-refractivity contribution >= 4 is 13.7 Å². The number of piperidine rings is 1. The van der Waals surface area contributed by atoms with E-state index in [1.807, 2.05) is 51.1 Å². The van der Waals surface area contributed by atoms with Crippen LogP contribution in [0.2, 0.25) is 0 Å². The molecular formula is C23H39N2O6P. The van der Waals surface area contributed by atoms with Crippen LogP contribution in [0, 0.1) is 0 Å². The number of carbonyl (C=O) groups is 1. The van der Waals surface area contributed by atoms with Crippen LogP contribution >= 0.6 is 7.60 Å². The van der Waals surface area contributed by atoms with Gasteiger partial charge in [-0.25, -0.2) is 4.79 Å². The molecule has 1 saturated heterocycles. The summed E-state index contributed by atoms with van der Waals surface area (Å²) in [7, 11) is -2.04. The number of ether oxygens (including phenoxy) is 2. The number of methoxy groups -OCH3 is 1. The fourth-order valence-electron chi connectivity index (χ4n) is 3.96. The number of rotatable bonds is 10. The van der Waals surface area contributed by atoms with Gasteiger partial charge >= 0.3 is 13.7 Å². The topological polar surface area (TPSA) is 86.3 Å². The van der Waals surface area contributed by atoms with E-state index in [0.717, 1.165) is 5.56 Å². The second kappa shape index (κ2) is 11.6. The molecule has 2 rings (SSSR count). The van der Waals surface area contributed by atoms with Crippen LogP contribution in [0.15, 0.2) is 30.3 Å². The zero-order chi connectivity index (χ0) is 23.8. The first-order valence-electron chi connectivity index (χ1n) is 11.3. The van der Waals surface area contributed by atoms with Crippen molar-refractivity contribution in [3.8, 4) is 0 Å². The van der Waals surface area contributed by atoms with Gasteiger partial charge in [0.15, 0.2) is 0 Å². The minimum Gasteiger partial charge on any atom is -0.444 e. The molecule has 32 heavy (non-hydrogen) atoms. The minimum atomic E-state index is -3.67. The first-order chi connectivity index (χ1) is 15.1. The number of nitrogens with one attached hydrogen (secondary N) is 1. The smallest absolute Gasteiger partial charge is 0.410 e. The standard InChI is InChI=1S/C23H39N2O6P/c1-7-29-32(27,30-8-2)23(24-20(17-28-6)19-13-10-9-11-14-19)15-12-16-25(18-23)21(26)31-22(3,4)5/h9-11,13-14,20,24H,7-8,12,15-18H2,1-6H3/t20-,23-/m0/s1. The van der Waals surface area contributed by atoms with Crippen LogP contribution in [0.5, 0.6) is 0 Å². The van der Waals surface area contributed by atoms with Gasteiger partial charge in [0.1, 0.15) is 10.9 Å². The van der Waals surface area contributed by atoms with Crippen molar-refractivity contribution in [3.05, 3.63) is 35.9 Å². The summed E-state index contributed by atoms with van der Waals surface area (Å²) in [5.41, 5.74) is 0.360. The quantitative estimate of drug-likeness (QED) is 0.484. The highest BCUT2D eigenvalue weighted by Crippen LogP contribution is 2.62. The highest BCUT2D eigenvalue weighted by molar-refractivity contribution is 7.55. The lowest BCUT2D eigenvalue weighted by Gasteiger charge is -2.47. The van der Waals surface area contributed by atoms with Gasteiger partial charge in [-0.2, -0.15) is 0 Å². The van der Waals surface area contributed by atoms with Crippen molar-refractivity contribution in [1.29, 1.82) is 0 Å². The number of hydrogen-bond acceptors (Lipinski definition) is 7. The number of nitrogens with zero attached hydrogens (tertiary/aromatic N) is 1. The Morgan fingerprint density at radius 1 is 1.19 bits per heavy atom. The molecule has 0 aliphatic carbocycles. The van der Waals surface area contributed by atoms with E-state index in [1.165, 1.54) is 0 Å². The Bertz CT molecular complexity index is 760. The molecule has 0 radical (unpaired) electrons. The van der Waals surface area contributed by atoms with E-state index in [2.05, 4.69) is 5.32 Å². The average molecular weight is 471 g/mol. The third-order valence-corrected chi connectivity index (χ3v) is 7.96. The van der Waals surface area contributed by atoms with Crippen molar-refractivity contribution in [2.75, 3.05) is 40.0 Å². The van der Waals surface area contributed by atoms with Crippen LogP contribution in [0.1, 0.15) is 59.1 Å². The summed E-state index contributed by atoms with van der Waals surface area (Å²) >= 11 is 0. The van der Waals surface area contributed by atoms with Crippen molar-refractivity contribution in [3.63, 3.8) is 0 Å². The van der Waals surface area contributed by atoms with E-state index >= 15 is 0 Å². The Hall–Kier alpha value is -1.44. The largest absolute Gasteiger partial charge is 0.444 e. The number of carbonyl (C=O) groups excluding carboxylic acids is 1. The molecule has 1 aliphatic heterocycles. The molecule has 0 bridgehead atoms. The Kier molecular flexibility index (Phi) is 9.73. The van der Waals surface area contributed by atoms with Gasteiger partial charge in [-0.3, -0.25) is 9.88 Å². The maximum atomic E-state index is 14.2. The minimum absolute atomic E-state index is 0.145. The Morgan fingerprint density at radius 3 is 2.34 bits per heavy atom. The van der Waals surface area contributed by atoms with Crippen molar-refractivity contribution in [2.45, 2.75) is 64.4 Å². The van der Waals surface area contributed by atoms with Crippen LogP contribution in [-0.4, -0.2) is 61.9 Å². The van der Waals surface area contributed by atoms with Gasteiger partial charge < -0.3 is 23.4 Å². The van der Waals surface area contributed by atoms with Gasteiger partial charge in [-0.05, 0) is 53.0 Å². The van der Waals surface area contributed by atoms with E-state index in [4.69, 9.17) is 18.5 Å². The lowest BCUT2D eigenvalue weighted by molar-refractivity contribution is 0.0124. The average Bonchev–Trinajstić information content (AvgIpc) is 2.73. The summed E-state index contributed by atoms with van der Waals surface area (Å²) in [5.74, 6) is 0. The molecule has 0 saturated carbocycles. The highest BCUT2D eigenvalue weighted by atomic mass is 31.2. The Balaban J connectivity index is 2.47. The van der Waals surface area contributed by atoms with Crippen LogP contribution < -0.4 is 5.32 Å². The van der Waals surface area contributed by atoms with E-state index in [0.29, 0.717) is 26.0 Å². The third kappa shape index (κ3) is 6.78. The molecule has 1 amide bonds. The van der Waals surface area contributed by atoms with E-state index in [-0.39, 0.29) is 25.8 Å². The zero-order valence-electron chi connectivity index (χ0n) is 20.3. The summed E-state index contributed by atoms with van der Waals surface area (Å²) in [6.45, 7) is 10.5. The fraction of sp³-hybridized carbons (Fsp3) is 0.696. The predicted octanol–water partition coefficient (Wildman–Crippen LogP) is 4.96. The molecule has 0 unspecified atom stereocenters. The number of amides is 1. The van der Waals surface area contributed by atoms with Crippen molar-refractivity contribution < 1.29 is 27.9 Å². The van der Waals surface area contributed by atoms with Gasteiger partial charge in [0.2, 0.25) is 0 Å². The second-order valence-corrected chi connectivity index (χ2v) is 11.3. The summed E-state index contributed by atoms with van der Waals surface area (Å²) in [6, 6.07) is 9.56. The number of benzene rings is 1. The summed E-state index contributed by atoms with van der Waals surface area (Å²) < 4.78 is 36.9. The van der Waals surface area contributed by atoms with E-state index < -0.39 is 24.6 Å². The first-order valence-corrected chi connectivity index (χ1v) is 12.8. The van der Waals surface area contributed by atoms with Crippen LogP contribution in [0.25, 0.3) is 0 Å². The molecule has 8 nitrogen and oxygen atoms in total. The molecule has 182 valence electrons. The van der Waals surface area contributed by atoms with Crippen LogP contribution in [0.3, 0.4) is 0 Å². The summed E-state index contributed by atoms with van der Waals surface area (Å²) in [6.07, 6.45) is 0.715. The molecule has 1 aromatic rings. The molecule has 1 aliphatic rings. The summed E-state index contributed by atoms with van der Waals surface area (Å²) in [5, 5.41) is 2.45. The monoisotopic (exact) mass is 470 g/mol. The molecule has 1 N–H and O–H groups in total. The fourth-order valence-corrected chi connectivity index (χ4v) is 6.30. The third-order valence-electron chi connectivity index (χ3n) is 5.22. The van der Waals surface area contributed by atoms with E-state index in [9.17, 15) is 9.36 Å². The van der Waals surface area contributed by atoms with Gasteiger partial charge in [-0.15, -0.1) is 0 Å². The highest BCUT2D eigenvalue weighted by Gasteiger charge is 2.55. The van der Waals surface area contributed by atoms with E-state index in [1.54, 1.807) is 25.9 Å². The maximum Gasteiger partial charge on any atom is 0.410 e.